The third kappa shape index (κ3) is 4.01. The molecule has 6 nitrogen and oxygen atoms in total. The van der Waals surface area contributed by atoms with Crippen molar-refractivity contribution in [1.82, 2.24) is 14.3 Å². The standard InChI is InChI=1S/C22H21N3O3S/c1-16-12-19-20(24-22(26)23-19)13-21(16)29(27,28)25(14-17-8-4-2-5-9-17)15-18-10-6-3-7-11-18/h2-13H,14-15H2,1H3,(H2,23,24,26). The summed E-state index contributed by atoms with van der Waals surface area (Å²) in [6, 6.07) is 22.2. The van der Waals surface area contributed by atoms with Gasteiger partial charge in [0.15, 0.2) is 0 Å². The summed E-state index contributed by atoms with van der Waals surface area (Å²) < 4.78 is 28.7. The second-order valence-corrected chi connectivity index (χ2v) is 8.89. The molecule has 1 aromatic heterocycles. The molecular weight excluding hydrogens is 386 g/mol. The van der Waals surface area contributed by atoms with Crippen molar-refractivity contribution in [3.05, 3.63) is 100.0 Å². The fourth-order valence-electron chi connectivity index (χ4n) is 3.39. The highest BCUT2D eigenvalue weighted by Gasteiger charge is 2.27. The van der Waals surface area contributed by atoms with E-state index in [0.29, 0.717) is 16.6 Å². The molecule has 0 bridgehead atoms. The number of aryl methyl sites for hydroxylation is 1. The van der Waals surface area contributed by atoms with Gasteiger partial charge in [0.1, 0.15) is 0 Å². The monoisotopic (exact) mass is 407 g/mol. The number of nitrogens with one attached hydrogen (secondary N) is 2. The highest BCUT2D eigenvalue weighted by atomic mass is 32.2. The molecule has 0 unspecified atom stereocenters. The maximum Gasteiger partial charge on any atom is 0.323 e. The summed E-state index contributed by atoms with van der Waals surface area (Å²) in [5.41, 5.74) is 3.09. The summed E-state index contributed by atoms with van der Waals surface area (Å²) >= 11 is 0. The number of rotatable bonds is 6. The molecule has 7 heteroatoms. The molecule has 1 heterocycles. The number of H-pyrrole nitrogens is 2. The molecule has 0 aliphatic rings. The summed E-state index contributed by atoms with van der Waals surface area (Å²) in [5, 5.41) is 0. The van der Waals surface area contributed by atoms with Gasteiger partial charge in [-0.25, -0.2) is 13.2 Å². The third-order valence-electron chi connectivity index (χ3n) is 4.83. The van der Waals surface area contributed by atoms with Crippen molar-refractivity contribution in [3.8, 4) is 0 Å². The van der Waals surface area contributed by atoms with E-state index >= 15 is 0 Å². The second kappa shape index (κ2) is 7.69. The zero-order chi connectivity index (χ0) is 20.4. The quantitative estimate of drug-likeness (QED) is 0.512. The molecule has 0 saturated carbocycles. The van der Waals surface area contributed by atoms with Gasteiger partial charge >= 0.3 is 5.69 Å². The summed E-state index contributed by atoms with van der Waals surface area (Å²) in [6.07, 6.45) is 0. The number of fused-ring (bicyclic) bond motifs is 1. The van der Waals surface area contributed by atoms with Crippen molar-refractivity contribution in [1.29, 1.82) is 0 Å². The Labute approximate surface area is 168 Å². The van der Waals surface area contributed by atoms with Gasteiger partial charge in [-0.1, -0.05) is 60.7 Å². The summed E-state index contributed by atoms with van der Waals surface area (Å²) in [7, 11) is -3.81. The predicted molar refractivity (Wildman–Crippen MR) is 113 cm³/mol. The van der Waals surface area contributed by atoms with Gasteiger partial charge < -0.3 is 9.97 Å². The van der Waals surface area contributed by atoms with Gasteiger partial charge in [0, 0.05) is 13.1 Å². The minimum atomic E-state index is -3.81. The Morgan fingerprint density at radius 1 is 0.793 bits per heavy atom. The summed E-state index contributed by atoms with van der Waals surface area (Å²) in [6.45, 7) is 2.24. The van der Waals surface area contributed by atoms with Crippen LogP contribution in [0.15, 0.2) is 82.5 Å². The third-order valence-corrected chi connectivity index (χ3v) is 6.77. The SMILES string of the molecule is Cc1cc2[nH]c(=O)[nH]c2cc1S(=O)(=O)N(Cc1ccccc1)Cc1ccccc1. The van der Waals surface area contributed by atoms with Crippen molar-refractivity contribution in [3.63, 3.8) is 0 Å². The number of aromatic nitrogens is 2. The molecule has 0 saturated heterocycles. The van der Waals surface area contributed by atoms with E-state index in [-0.39, 0.29) is 23.7 Å². The number of nitrogens with zero attached hydrogens (tertiary/aromatic N) is 1. The smallest absolute Gasteiger partial charge is 0.306 e. The lowest BCUT2D eigenvalue weighted by molar-refractivity contribution is 0.401. The Kier molecular flexibility index (Phi) is 5.08. The van der Waals surface area contributed by atoms with E-state index in [1.165, 1.54) is 10.4 Å². The molecule has 0 amide bonds. The Morgan fingerprint density at radius 3 is 1.79 bits per heavy atom. The van der Waals surface area contributed by atoms with E-state index in [4.69, 9.17) is 0 Å². The normalized spacial score (nSPS) is 11.9. The Bertz CT molecular complexity index is 1250. The van der Waals surface area contributed by atoms with E-state index in [2.05, 4.69) is 9.97 Å². The van der Waals surface area contributed by atoms with Crippen LogP contribution < -0.4 is 5.69 Å². The average molecular weight is 407 g/mol. The minimum absolute atomic E-state index is 0.187. The highest BCUT2D eigenvalue weighted by Crippen LogP contribution is 2.26. The highest BCUT2D eigenvalue weighted by molar-refractivity contribution is 7.89. The zero-order valence-electron chi connectivity index (χ0n) is 15.9. The van der Waals surface area contributed by atoms with E-state index < -0.39 is 10.0 Å². The van der Waals surface area contributed by atoms with Gasteiger partial charge in [-0.3, -0.25) is 0 Å². The van der Waals surface area contributed by atoms with Crippen molar-refractivity contribution >= 4 is 21.1 Å². The average Bonchev–Trinajstić information content (AvgIpc) is 3.07. The van der Waals surface area contributed by atoms with Crippen LogP contribution in [0, 0.1) is 6.92 Å². The van der Waals surface area contributed by atoms with Crippen LogP contribution in [0.25, 0.3) is 11.0 Å². The van der Waals surface area contributed by atoms with E-state index in [9.17, 15) is 13.2 Å². The van der Waals surface area contributed by atoms with Gasteiger partial charge in [-0.15, -0.1) is 0 Å². The maximum atomic E-state index is 13.6. The molecule has 0 spiro atoms. The number of aromatic amines is 2. The van der Waals surface area contributed by atoms with Crippen LogP contribution in [-0.2, 0) is 23.1 Å². The topological polar surface area (TPSA) is 86.0 Å². The van der Waals surface area contributed by atoms with Crippen LogP contribution >= 0.6 is 0 Å². The van der Waals surface area contributed by atoms with Gasteiger partial charge in [-0.05, 0) is 35.7 Å². The number of benzene rings is 3. The lowest BCUT2D eigenvalue weighted by atomic mass is 10.2. The predicted octanol–water partition coefficient (Wildman–Crippen LogP) is 3.56. The first-order valence-electron chi connectivity index (χ1n) is 9.24. The lowest BCUT2D eigenvalue weighted by Crippen LogP contribution is -2.30. The zero-order valence-corrected chi connectivity index (χ0v) is 16.7. The molecule has 4 aromatic rings. The minimum Gasteiger partial charge on any atom is -0.306 e. The fourth-order valence-corrected chi connectivity index (χ4v) is 5.04. The number of hydrogen-bond acceptors (Lipinski definition) is 3. The number of sulfonamides is 1. The van der Waals surface area contributed by atoms with Crippen LogP contribution in [0.4, 0.5) is 0 Å². The van der Waals surface area contributed by atoms with Gasteiger partial charge in [0.25, 0.3) is 0 Å². The van der Waals surface area contributed by atoms with Crippen molar-refractivity contribution in [2.24, 2.45) is 0 Å². The second-order valence-electron chi connectivity index (χ2n) is 6.99. The van der Waals surface area contributed by atoms with Gasteiger partial charge in [0.05, 0.1) is 15.9 Å². The van der Waals surface area contributed by atoms with E-state index in [0.717, 1.165) is 11.1 Å². The Morgan fingerprint density at radius 2 is 1.28 bits per heavy atom. The van der Waals surface area contributed by atoms with Crippen molar-refractivity contribution in [2.75, 3.05) is 0 Å². The maximum absolute atomic E-state index is 13.6. The van der Waals surface area contributed by atoms with Crippen LogP contribution in [-0.4, -0.2) is 22.7 Å². The first-order chi connectivity index (χ1) is 13.9. The molecule has 0 aliphatic carbocycles. The van der Waals surface area contributed by atoms with E-state index in [1.807, 2.05) is 60.7 Å². The summed E-state index contributed by atoms with van der Waals surface area (Å²) in [5.74, 6) is 0. The molecule has 148 valence electrons. The van der Waals surface area contributed by atoms with Gasteiger partial charge in [-0.2, -0.15) is 4.31 Å². The molecule has 4 rings (SSSR count). The first kappa shape index (κ1) is 19.2. The largest absolute Gasteiger partial charge is 0.323 e. The molecule has 0 fully saturated rings. The Balaban J connectivity index is 1.79. The van der Waals surface area contributed by atoms with E-state index in [1.54, 1.807) is 13.0 Å². The molecule has 2 N–H and O–H groups in total. The summed E-state index contributed by atoms with van der Waals surface area (Å²) in [4.78, 5) is 17.1. The molecule has 3 aromatic carbocycles. The first-order valence-corrected chi connectivity index (χ1v) is 10.7. The van der Waals surface area contributed by atoms with Crippen molar-refractivity contribution < 1.29 is 8.42 Å². The Hall–Kier alpha value is -3.16. The molecular formula is C22H21N3O3S. The number of imidazole rings is 1. The fraction of sp³-hybridized carbons (Fsp3) is 0.136. The van der Waals surface area contributed by atoms with Crippen molar-refractivity contribution in [2.45, 2.75) is 24.9 Å². The molecule has 29 heavy (non-hydrogen) atoms. The van der Waals surface area contributed by atoms with Crippen LogP contribution in [0.5, 0.6) is 0 Å². The van der Waals surface area contributed by atoms with Crippen LogP contribution in [0.3, 0.4) is 0 Å². The lowest BCUT2D eigenvalue weighted by Gasteiger charge is -2.23. The molecule has 0 aliphatic heterocycles. The van der Waals surface area contributed by atoms with Gasteiger partial charge in [0.2, 0.25) is 10.0 Å². The van der Waals surface area contributed by atoms with Crippen LogP contribution in [0.1, 0.15) is 16.7 Å². The van der Waals surface area contributed by atoms with Crippen LogP contribution in [0.2, 0.25) is 0 Å². The molecule has 0 atom stereocenters. The number of hydrogen-bond donors (Lipinski definition) is 2. The molecule has 0 radical (unpaired) electrons.